The smallest absolute Gasteiger partial charge is 0.258 e. The summed E-state index contributed by atoms with van der Waals surface area (Å²) in [6.45, 7) is -0.283. The van der Waals surface area contributed by atoms with Crippen molar-refractivity contribution in [2.75, 3.05) is 6.61 Å². The van der Waals surface area contributed by atoms with Crippen molar-refractivity contribution >= 4 is 17.7 Å². The van der Waals surface area contributed by atoms with Gasteiger partial charge in [0.05, 0.1) is 0 Å². The molecule has 2 aromatic rings. The Kier molecular flexibility index (Phi) is 6.11. The van der Waals surface area contributed by atoms with Crippen molar-refractivity contribution in [3.05, 3.63) is 65.7 Å². The van der Waals surface area contributed by atoms with Crippen molar-refractivity contribution in [2.45, 2.75) is 12.5 Å². The average molecular weight is 341 g/mol. The number of amides is 3. The van der Waals surface area contributed by atoms with E-state index in [9.17, 15) is 14.4 Å². The number of benzene rings is 2. The first-order valence-electron chi connectivity index (χ1n) is 7.61. The Labute approximate surface area is 145 Å². The van der Waals surface area contributed by atoms with Crippen LogP contribution < -0.4 is 21.5 Å². The number of nitrogens with two attached hydrogens (primary N) is 2. The van der Waals surface area contributed by atoms with Gasteiger partial charge in [-0.15, -0.1) is 0 Å². The summed E-state index contributed by atoms with van der Waals surface area (Å²) in [6, 6.07) is 14.5. The summed E-state index contributed by atoms with van der Waals surface area (Å²) in [5, 5.41) is 2.55. The first-order valence-corrected chi connectivity index (χ1v) is 7.61. The molecular weight excluding hydrogens is 322 g/mol. The van der Waals surface area contributed by atoms with Crippen molar-refractivity contribution < 1.29 is 19.1 Å². The van der Waals surface area contributed by atoms with Crippen LogP contribution in [0.3, 0.4) is 0 Å². The van der Waals surface area contributed by atoms with Crippen LogP contribution in [0.2, 0.25) is 0 Å². The zero-order valence-electron chi connectivity index (χ0n) is 13.5. The third-order valence-corrected chi connectivity index (χ3v) is 3.47. The minimum absolute atomic E-state index is 0.283. The van der Waals surface area contributed by atoms with Gasteiger partial charge in [0.2, 0.25) is 11.8 Å². The molecule has 3 amide bonds. The van der Waals surface area contributed by atoms with Gasteiger partial charge in [0.25, 0.3) is 5.91 Å². The summed E-state index contributed by atoms with van der Waals surface area (Å²) in [7, 11) is 0. The van der Waals surface area contributed by atoms with Crippen LogP contribution in [-0.2, 0) is 16.0 Å². The Bertz CT molecular complexity index is 745. The fourth-order valence-corrected chi connectivity index (χ4v) is 2.17. The van der Waals surface area contributed by atoms with Crippen LogP contribution in [0.25, 0.3) is 0 Å². The number of carbonyl (C=O) groups is 3. The van der Waals surface area contributed by atoms with Gasteiger partial charge in [0, 0.05) is 12.0 Å². The molecule has 130 valence electrons. The molecule has 0 radical (unpaired) electrons. The number of hydrogen-bond donors (Lipinski definition) is 3. The van der Waals surface area contributed by atoms with E-state index in [2.05, 4.69) is 5.32 Å². The molecule has 7 heteroatoms. The van der Waals surface area contributed by atoms with Gasteiger partial charge in [-0.2, -0.15) is 0 Å². The van der Waals surface area contributed by atoms with Gasteiger partial charge in [0.1, 0.15) is 11.8 Å². The van der Waals surface area contributed by atoms with E-state index in [1.165, 1.54) is 24.3 Å². The number of hydrogen-bond acceptors (Lipinski definition) is 4. The Hall–Kier alpha value is -3.35. The normalized spacial score (nSPS) is 11.4. The second-order valence-corrected chi connectivity index (χ2v) is 5.39. The summed E-state index contributed by atoms with van der Waals surface area (Å²) < 4.78 is 5.32. The maximum atomic E-state index is 12.0. The van der Waals surface area contributed by atoms with E-state index in [0.29, 0.717) is 17.7 Å². The highest BCUT2D eigenvalue weighted by molar-refractivity contribution is 5.92. The monoisotopic (exact) mass is 341 g/mol. The molecule has 25 heavy (non-hydrogen) atoms. The molecular formula is C18H19N3O4. The Morgan fingerprint density at radius 1 is 0.960 bits per heavy atom. The highest BCUT2D eigenvalue weighted by atomic mass is 16.5. The maximum Gasteiger partial charge on any atom is 0.258 e. The lowest BCUT2D eigenvalue weighted by atomic mass is 10.1. The number of rotatable bonds is 8. The predicted molar refractivity (Wildman–Crippen MR) is 91.7 cm³/mol. The summed E-state index contributed by atoms with van der Waals surface area (Å²) in [4.78, 5) is 34.5. The topological polar surface area (TPSA) is 125 Å². The third-order valence-electron chi connectivity index (χ3n) is 3.47. The average Bonchev–Trinajstić information content (AvgIpc) is 2.60. The highest BCUT2D eigenvalue weighted by Crippen LogP contribution is 2.11. The van der Waals surface area contributed by atoms with Gasteiger partial charge < -0.3 is 21.5 Å². The first kappa shape index (κ1) is 18.0. The van der Waals surface area contributed by atoms with E-state index in [1.54, 1.807) is 0 Å². The van der Waals surface area contributed by atoms with Crippen molar-refractivity contribution in [1.29, 1.82) is 0 Å². The van der Waals surface area contributed by atoms with Gasteiger partial charge in [-0.25, -0.2) is 0 Å². The number of primary amides is 2. The summed E-state index contributed by atoms with van der Waals surface area (Å²) in [5.41, 5.74) is 11.7. The summed E-state index contributed by atoms with van der Waals surface area (Å²) in [5.74, 6) is -1.24. The molecule has 5 N–H and O–H groups in total. The quantitative estimate of drug-likeness (QED) is 0.642. The van der Waals surface area contributed by atoms with Gasteiger partial charge in [-0.3, -0.25) is 14.4 Å². The molecule has 2 aromatic carbocycles. The van der Waals surface area contributed by atoms with Crippen LogP contribution in [0.4, 0.5) is 0 Å². The molecule has 2 rings (SSSR count). The van der Waals surface area contributed by atoms with Gasteiger partial charge in [-0.1, -0.05) is 30.3 Å². The van der Waals surface area contributed by atoms with Crippen molar-refractivity contribution in [2.24, 2.45) is 11.5 Å². The second-order valence-electron chi connectivity index (χ2n) is 5.39. The Balaban J connectivity index is 1.88. The van der Waals surface area contributed by atoms with Crippen LogP contribution in [0, 0.1) is 0 Å². The van der Waals surface area contributed by atoms with E-state index in [-0.39, 0.29) is 6.61 Å². The molecule has 0 saturated heterocycles. The van der Waals surface area contributed by atoms with E-state index >= 15 is 0 Å². The minimum atomic E-state index is -0.823. The lowest BCUT2D eigenvalue weighted by Crippen LogP contribution is -2.47. The fraction of sp³-hybridized carbons (Fsp3) is 0.167. The van der Waals surface area contributed by atoms with Crippen molar-refractivity contribution in [1.82, 2.24) is 5.32 Å². The molecule has 0 heterocycles. The van der Waals surface area contributed by atoms with E-state index in [1.807, 2.05) is 30.3 Å². The molecule has 0 aromatic heterocycles. The molecule has 1 atom stereocenters. The van der Waals surface area contributed by atoms with Gasteiger partial charge in [0.15, 0.2) is 6.61 Å². The number of ether oxygens (including phenoxy) is 1. The van der Waals surface area contributed by atoms with Crippen LogP contribution >= 0.6 is 0 Å². The van der Waals surface area contributed by atoms with Crippen LogP contribution in [0.1, 0.15) is 15.9 Å². The van der Waals surface area contributed by atoms with Crippen LogP contribution in [-0.4, -0.2) is 30.4 Å². The van der Waals surface area contributed by atoms with Crippen LogP contribution in [0.5, 0.6) is 5.75 Å². The third kappa shape index (κ3) is 5.65. The lowest BCUT2D eigenvalue weighted by molar-refractivity contribution is -0.128. The fourth-order valence-electron chi connectivity index (χ4n) is 2.17. The molecule has 0 fully saturated rings. The molecule has 7 nitrogen and oxygen atoms in total. The Morgan fingerprint density at radius 3 is 2.16 bits per heavy atom. The largest absolute Gasteiger partial charge is 0.484 e. The van der Waals surface area contributed by atoms with E-state index in [4.69, 9.17) is 16.2 Å². The Morgan fingerprint density at radius 2 is 1.60 bits per heavy atom. The number of nitrogens with one attached hydrogen (secondary N) is 1. The molecule has 0 aliphatic heterocycles. The highest BCUT2D eigenvalue weighted by Gasteiger charge is 2.18. The molecule has 0 spiro atoms. The zero-order valence-corrected chi connectivity index (χ0v) is 13.5. The van der Waals surface area contributed by atoms with E-state index < -0.39 is 23.8 Å². The first-order chi connectivity index (χ1) is 12.0. The van der Waals surface area contributed by atoms with Crippen LogP contribution in [0.15, 0.2) is 54.6 Å². The summed E-state index contributed by atoms with van der Waals surface area (Å²) >= 11 is 0. The second kappa shape index (κ2) is 8.49. The molecule has 0 aliphatic carbocycles. The zero-order chi connectivity index (χ0) is 18.2. The molecule has 0 aliphatic rings. The molecule has 0 saturated carbocycles. The predicted octanol–water partition coefficient (Wildman–Crippen LogP) is 0.377. The van der Waals surface area contributed by atoms with Gasteiger partial charge >= 0.3 is 0 Å². The maximum absolute atomic E-state index is 12.0. The number of carbonyl (C=O) groups excluding carboxylic acids is 3. The molecule has 1 unspecified atom stereocenters. The lowest BCUT2D eigenvalue weighted by Gasteiger charge is -2.16. The molecule has 0 bridgehead atoms. The van der Waals surface area contributed by atoms with E-state index in [0.717, 1.165) is 5.56 Å². The standard InChI is InChI=1S/C18H19N3O4/c19-17(23)13-6-8-14(9-7-13)25-11-16(22)21-15(18(20)24)10-12-4-2-1-3-5-12/h1-9,15H,10-11H2,(H2,19,23)(H2,20,24)(H,21,22). The SMILES string of the molecule is NC(=O)c1ccc(OCC(=O)NC(Cc2ccccc2)C(N)=O)cc1. The van der Waals surface area contributed by atoms with Gasteiger partial charge in [-0.05, 0) is 29.8 Å². The van der Waals surface area contributed by atoms with Crippen molar-refractivity contribution in [3.8, 4) is 5.75 Å². The minimum Gasteiger partial charge on any atom is -0.484 e. The summed E-state index contributed by atoms with van der Waals surface area (Å²) in [6.07, 6.45) is 0.301. The van der Waals surface area contributed by atoms with Crippen molar-refractivity contribution in [3.63, 3.8) is 0 Å².